The summed E-state index contributed by atoms with van der Waals surface area (Å²) in [6.07, 6.45) is 1.18. The van der Waals surface area contributed by atoms with Crippen molar-refractivity contribution in [2.24, 2.45) is 0 Å². The molecule has 1 aliphatic heterocycles. The van der Waals surface area contributed by atoms with E-state index in [1.165, 1.54) is 6.07 Å². The third kappa shape index (κ3) is 3.88. The Morgan fingerprint density at radius 2 is 2.00 bits per heavy atom. The largest absolute Gasteiger partial charge is 0.366 e. The molecule has 0 spiro atoms. The first-order valence-corrected chi connectivity index (χ1v) is 8.70. The Kier molecular flexibility index (Phi) is 4.91. The van der Waals surface area contributed by atoms with Gasteiger partial charge >= 0.3 is 0 Å². The third-order valence-electron chi connectivity index (χ3n) is 4.09. The first kappa shape index (κ1) is 15.9. The van der Waals surface area contributed by atoms with Crippen LogP contribution in [-0.2, 0) is 11.2 Å². The maximum atomic E-state index is 13.8. The molecular weight excluding hydrogens is 313 g/mol. The lowest BCUT2D eigenvalue weighted by Gasteiger charge is -2.36. The highest BCUT2D eigenvalue weighted by atomic mass is 32.1. The van der Waals surface area contributed by atoms with Crippen molar-refractivity contribution in [1.82, 2.24) is 9.88 Å². The van der Waals surface area contributed by atoms with Gasteiger partial charge in [0.05, 0.1) is 16.4 Å². The topological polar surface area (TPSA) is 36.4 Å². The fraction of sp³-hybridized carbons (Fsp3) is 0.412. The number of nitrogens with zero attached hydrogens (tertiary/aromatic N) is 3. The third-order valence-corrected chi connectivity index (χ3v) is 4.91. The molecule has 1 saturated heterocycles. The Hall–Kier alpha value is -1.95. The first-order valence-electron chi connectivity index (χ1n) is 7.82. The molecule has 0 N–H and O–H groups in total. The van der Waals surface area contributed by atoms with E-state index in [0.717, 1.165) is 10.7 Å². The second-order valence-electron chi connectivity index (χ2n) is 5.68. The van der Waals surface area contributed by atoms with Gasteiger partial charge < -0.3 is 9.80 Å². The highest BCUT2D eigenvalue weighted by molar-refractivity contribution is 7.09. The zero-order chi connectivity index (χ0) is 16.2. The fourth-order valence-electron chi connectivity index (χ4n) is 2.82. The van der Waals surface area contributed by atoms with E-state index in [-0.39, 0.29) is 11.7 Å². The quantitative estimate of drug-likeness (QED) is 0.863. The lowest BCUT2D eigenvalue weighted by Crippen LogP contribution is -2.49. The number of thiazole rings is 1. The van der Waals surface area contributed by atoms with Gasteiger partial charge in [0.1, 0.15) is 5.82 Å². The van der Waals surface area contributed by atoms with Crippen LogP contribution in [0.5, 0.6) is 0 Å². The zero-order valence-electron chi connectivity index (χ0n) is 13.2. The Balaban J connectivity index is 1.50. The molecular formula is C17H20FN3OS. The van der Waals surface area contributed by atoms with Gasteiger partial charge in [-0.15, -0.1) is 11.3 Å². The van der Waals surface area contributed by atoms with Crippen LogP contribution in [0.2, 0.25) is 0 Å². The van der Waals surface area contributed by atoms with Crippen molar-refractivity contribution in [3.63, 3.8) is 0 Å². The van der Waals surface area contributed by atoms with Gasteiger partial charge in [-0.2, -0.15) is 0 Å². The van der Waals surface area contributed by atoms with Crippen LogP contribution in [0, 0.1) is 12.7 Å². The van der Waals surface area contributed by atoms with Crippen LogP contribution in [-0.4, -0.2) is 42.0 Å². The van der Waals surface area contributed by atoms with E-state index in [2.05, 4.69) is 4.98 Å². The number of rotatable bonds is 4. The molecule has 0 aliphatic carbocycles. The number of carbonyl (C=O) groups is 1. The van der Waals surface area contributed by atoms with Crippen molar-refractivity contribution in [3.05, 3.63) is 46.2 Å². The number of carbonyl (C=O) groups excluding carboxylic acids is 1. The van der Waals surface area contributed by atoms with E-state index in [9.17, 15) is 9.18 Å². The van der Waals surface area contributed by atoms with E-state index >= 15 is 0 Å². The Morgan fingerprint density at radius 1 is 1.26 bits per heavy atom. The number of hydrogen-bond donors (Lipinski definition) is 0. The van der Waals surface area contributed by atoms with Crippen LogP contribution in [0.3, 0.4) is 0 Å². The van der Waals surface area contributed by atoms with Crippen molar-refractivity contribution in [1.29, 1.82) is 0 Å². The number of anilines is 1. The van der Waals surface area contributed by atoms with Crippen molar-refractivity contribution in [3.8, 4) is 0 Å². The van der Waals surface area contributed by atoms with Crippen LogP contribution < -0.4 is 4.90 Å². The molecule has 0 bridgehead atoms. The number of amides is 1. The lowest BCUT2D eigenvalue weighted by atomic mass is 10.2. The number of aryl methyl sites for hydroxylation is 2. The summed E-state index contributed by atoms with van der Waals surface area (Å²) in [6.45, 7) is 4.59. The second kappa shape index (κ2) is 7.08. The predicted octanol–water partition coefficient (Wildman–Crippen LogP) is 2.87. The van der Waals surface area contributed by atoms with Crippen molar-refractivity contribution < 1.29 is 9.18 Å². The minimum absolute atomic E-state index is 0.156. The van der Waals surface area contributed by atoms with Crippen LogP contribution in [0.15, 0.2) is 29.6 Å². The number of piperazine rings is 1. The Labute approximate surface area is 139 Å². The molecule has 2 heterocycles. The summed E-state index contributed by atoms with van der Waals surface area (Å²) in [7, 11) is 0. The molecule has 0 radical (unpaired) electrons. The minimum atomic E-state index is -0.203. The standard InChI is InChI=1S/C17H20FN3OS/c1-13-19-14(12-23-13)6-7-17(22)21-10-8-20(9-11-21)16-5-3-2-4-15(16)18/h2-5,12H,6-11H2,1H3. The van der Waals surface area contributed by atoms with Gasteiger partial charge in [-0.3, -0.25) is 4.79 Å². The Bertz CT molecular complexity index is 680. The summed E-state index contributed by atoms with van der Waals surface area (Å²) in [6, 6.07) is 6.80. The monoisotopic (exact) mass is 333 g/mol. The van der Waals surface area contributed by atoms with Crippen LogP contribution in [0.25, 0.3) is 0 Å². The molecule has 1 aromatic carbocycles. The molecule has 23 heavy (non-hydrogen) atoms. The molecule has 6 heteroatoms. The average Bonchev–Trinajstić information content (AvgIpc) is 2.99. The SMILES string of the molecule is Cc1nc(CCC(=O)N2CCN(c3ccccc3F)CC2)cs1. The summed E-state index contributed by atoms with van der Waals surface area (Å²) < 4.78 is 13.8. The smallest absolute Gasteiger partial charge is 0.223 e. The molecule has 1 amide bonds. The summed E-state index contributed by atoms with van der Waals surface area (Å²) >= 11 is 1.61. The average molecular weight is 333 g/mol. The van der Waals surface area contributed by atoms with E-state index in [0.29, 0.717) is 44.7 Å². The maximum absolute atomic E-state index is 13.8. The van der Waals surface area contributed by atoms with Gasteiger partial charge in [-0.1, -0.05) is 12.1 Å². The number of aromatic nitrogens is 1. The molecule has 0 atom stereocenters. The van der Waals surface area contributed by atoms with Crippen LogP contribution >= 0.6 is 11.3 Å². The van der Waals surface area contributed by atoms with E-state index in [1.807, 2.05) is 28.2 Å². The van der Waals surface area contributed by atoms with Crippen molar-refractivity contribution in [2.45, 2.75) is 19.8 Å². The number of benzene rings is 1. The molecule has 4 nitrogen and oxygen atoms in total. The van der Waals surface area contributed by atoms with E-state index in [1.54, 1.807) is 23.5 Å². The number of para-hydroxylation sites is 1. The molecule has 1 aromatic heterocycles. The zero-order valence-corrected chi connectivity index (χ0v) is 14.0. The number of hydrogen-bond acceptors (Lipinski definition) is 4. The van der Waals surface area contributed by atoms with E-state index in [4.69, 9.17) is 0 Å². The highest BCUT2D eigenvalue weighted by Gasteiger charge is 2.22. The van der Waals surface area contributed by atoms with Gasteiger partial charge in [0.25, 0.3) is 0 Å². The van der Waals surface area contributed by atoms with Gasteiger partial charge in [-0.25, -0.2) is 9.37 Å². The second-order valence-corrected chi connectivity index (χ2v) is 6.74. The summed E-state index contributed by atoms with van der Waals surface area (Å²) in [5.41, 5.74) is 1.61. The van der Waals surface area contributed by atoms with Gasteiger partial charge in [-0.05, 0) is 25.5 Å². The predicted molar refractivity (Wildman–Crippen MR) is 90.4 cm³/mol. The fourth-order valence-corrected chi connectivity index (χ4v) is 3.47. The minimum Gasteiger partial charge on any atom is -0.366 e. The van der Waals surface area contributed by atoms with Crippen molar-refractivity contribution >= 4 is 22.9 Å². The normalized spacial score (nSPS) is 15.0. The molecule has 0 unspecified atom stereocenters. The number of halogens is 1. The molecule has 122 valence electrons. The highest BCUT2D eigenvalue weighted by Crippen LogP contribution is 2.20. The van der Waals surface area contributed by atoms with E-state index < -0.39 is 0 Å². The van der Waals surface area contributed by atoms with Crippen LogP contribution in [0.4, 0.5) is 10.1 Å². The van der Waals surface area contributed by atoms with Gasteiger partial charge in [0, 0.05) is 38.0 Å². The van der Waals surface area contributed by atoms with Gasteiger partial charge in [0.2, 0.25) is 5.91 Å². The first-order chi connectivity index (χ1) is 11.1. The van der Waals surface area contributed by atoms with Gasteiger partial charge in [0.15, 0.2) is 0 Å². The summed E-state index contributed by atoms with van der Waals surface area (Å²) in [5.74, 6) is -0.0463. The van der Waals surface area contributed by atoms with Crippen molar-refractivity contribution in [2.75, 3.05) is 31.1 Å². The molecule has 2 aromatic rings. The molecule has 3 rings (SSSR count). The molecule has 0 saturated carbocycles. The lowest BCUT2D eigenvalue weighted by molar-refractivity contribution is -0.131. The summed E-state index contributed by atoms with van der Waals surface area (Å²) in [5, 5.41) is 3.05. The molecule has 1 fully saturated rings. The maximum Gasteiger partial charge on any atom is 0.223 e. The van der Waals surface area contributed by atoms with Crippen LogP contribution in [0.1, 0.15) is 17.1 Å². The Morgan fingerprint density at radius 3 is 2.65 bits per heavy atom. The molecule has 1 aliphatic rings. The summed E-state index contributed by atoms with van der Waals surface area (Å²) in [4.78, 5) is 20.6.